The van der Waals surface area contributed by atoms with Crippen molar-refractivity contribution in [3.63, 3.8) is 0 Å². The highest BCUT2D eigenvalue weighted by molar-refractivity contribution is 6.30. The Kier molecular flexibility index (Phi) is 10.6. The Bertz CT molecular complexity index is 939. The van der Waals surface area contributed by atoms with Crippen LogP contribution >= 0.6 is 11.6 Å². The lowest BCUT2D eigenvalue weighted by molar-refractivity contribution is 0.590. The second kappa shape index (κ2) is 13.1. The van der Waals surface area contributed by atoms with Gasteiger partial charge in [-0.2, -0.15) is 0 Å². The molecule has 1 atom stereocenters. The molecule has 1 unspecified atom stereocenters. The quantitative estimate of drug-likeness (QED) is 0.445. The van der Waals surface area contributed by atoms with Crippen molar-refractivity contribution in [3.05, 3.63) is 88.1 Å². The van der Waals surface area contributed by atoms with E-state index in [2.05, 4.69) is 64.0 Å². The molecule has 2 aromatic rings. The van der Waals surface area contributed by atoms with Gasteiger partial charge in [0, 0.05) is 27.6 Å². The summed E-state index contributed by atoms with van der Waals surface area (Å²) in [5.41, 5.74) is 6.67. The zero-order valence-electron chi connectivity index (χ0n) is 20.3. The molecule has 0 saturated heterocycles. The van der Waals surface area contributed by atoms with Crippen LogP contribution in [-0.2, 0) is 0 Å². The number of amidine groups is 1. The SMILES string of the molecule is C=C(NC1=NC(c2ccc(Cl)cc2)NC(CC)=C1CC)c1ccccc1C.CCCCC. The molecule has 1 aliphatic rings. The number of nitrogens with one attached hydrogen (secondary N) is 2. The van der Waals surface area contributed by atoms with Crippen molar-refractivity contribution < 1.29 is 0 Å². The Morgan fingerprint density at radius 3 is 2.19 bits per heavy atom. The monoisotopic (exact) mass is 451 g/mol. The molecule has 32 heavy (non-hydrogen) atoms. The summed E-state index contributed by atoms with van der Waals surface area (Å²) in [5, 5.41) is 7.78. The molecular weight excluding hydrogens is 414 g/mol. The third-order valence-electron chi connectivity index (χ3n) is 5.56. The highest BCUT2D eigenvalue weighted by atomic mass is 35.5. The maximum Gasteiger partial charge on any atom is 0.146 e. The molecule has 0 radical (unpaired) electrons. The van der Waals surface area contributed by atoms with E-state index in [1.807, 2.05) is 36.4 Å². The van der Waals surface area contributed by atoms with Gasteiger partial charge in [0.25, 0.3) is 0 Å². The first kappa shape index (κ1) is 25.7. The summed E-state index contributed by atoms with van der Waals surface area (Å²) >= 11 is 6.04. The molecule has 0 aliphatic carbocycles. The summed E-state index contributed by atoms with van der Waals surface area (Å²) in [4.78, 5) is 4.96. The lowest BCUT2D eigenvalue weighted by Crippen LogP contribution is -2.34. The van der Waals surface area contributed by atoms with Crippen molar-refractivity contribution in [3.8, 4) is 0 Å². The summed E-state index contributed by atoms with van der Waals surface area (Å²) in [6, 6.07) is 16.1. The minimum Gasteiger partial charge on any atom is -0.363 e. The van der Waals surface area contributed by atoms with Gasteiger partial charge in [-0.3, -0.25) is 0 Å². The van der Waals surface area contributed by atoms with Crippen molar-refractivity contribution in [1.82, 2.24) is 10.6 Å². The van der Waals surface area contributed by atoms with E-state index in [-0.39, 0.29) is 6.17 Å². The van der Waals surface area contributed by atoms with E-state index in [1.54, 1.807) is 0 Å². The average molecular weight is 452 g/mol. The van der Waals surface area contributed by atoms with Crippen LogP contribution in [0, 0.1) is 6.92 Å². The van der Waals surface area contributed by atoms with E-state index < -0.39 is 0 Å². The first-order chi connectivity index (χ1) is 15.4. The van der Waals surface area contributed by atoms with Crippen LogP contribution < -0.4 is 10.6 Å². The second-order valence-corrected chi connectivity index (χ2v) is 8.45. The maximum atomic E-state index is 6.04. The van der Waals surface area contributed by atoms with E-state index in [4.69, 9.17) is 16.6 Å². The summed E-state index contributed by atoms with van der Waals surface area (Å²) in [7, 11) is 0. The third kappa shape index (κ3) is 7.00. The topological polar surface area (TPSA) is 36.4 Å². The van der Waals surface area contributed by atoms with Crippen LogP contribution in [0.3, 0.4) is 0 Å². The van der Waals surface area contributed by atoms with Gasteiger partial charge in [0.05, 0.1) is 0 Å². The van der Waals surface area contributed by atoms with Crippen LogP contribution in [0.5, 0.6) is 0 Å². The molecule has 0 aromatic heterocycles. The first-order valence-electron chi connectivity index (χ1n) is 11.8. The fourth-order valence-corrected chi connectivity index (χ4v) is 3.84. The molecule has 1 heterocycles. The third-order valence-corrected chi connectivity index (χ3v) is 5.81. The highest BCUT2D eigenvalue weighted by Gasteiger charge is 2.23. The van der Waals surface area contributed by atoms with E-state index in [0.29, 0.717) is 0 Å². The molecule has 3 rings (SSSR count). The molecule has 0 fully saturated rings. The van der Waals surface area contributed by atoms with Crippen LogP contribution in [0.1, 0.15) is 82.7 Å². The molecule has 1 aliphatic heterocycles. The molecule has 2 aromatic carbocycles. The predicted octanol–water partition coefficient (Wildman–Crippen LogP) is 8.18. The minimum atomic E-state index is -0.139. The maximum absolute atomic E-state index is 6.04. The van der Waals surface area contributed by atoms with Crippen molar-refractivity contribution in [2.24, 2.45) is 4.99 Å². The molecule has 0 spiro atoms. The molecular formula is C28H38ClN3. The number of unbranched alkanes of at least 4 members (excludes halogenated alkanes) is 2. The standard InChI is InChI=1S/C23H26ClN3.C5H12/c1-5-19-21(6-2)26-22(17-11-13-18(24)14-12-17)27-23(19)25-16(4)20-10-8-7-9-15(20)3;1-3-5-4-2/h7-14,22,26H,4-6H2,1-3H3,(H,25,27);3-5H2,1-2H3. The molecule has 0 bridgehead atoms. The predicted molar refractivity (Wildman–Crippen MR) is 141 cm³/mol. The molecule has 2 N–H and O–H groups in total. The number of allylic oxidation sites excluding steroid dienone is 1. The Balaban J connectivity index is 0.000000654. The van der Waals surface area contributed by atoms with Crippen LogP contribution in [0.4, 0.5) is 0 Å². The number of aryl methyl sites for hydroxylation is 1. The first-order valence-corrected chi connectivity index (χ1v) is 12.2. The van der Waals surface area contributed by atoms with Gasteiger partial charge in [0.15, 0.2) is 0 Å². The van der Waals surface area contributed by atoms with E-state index in [0.717, 1.165) is 40.5 Å². The van der Waals surface area contributed by atoms with Crippen LogP contribution in [0.15, 0.2) is 71.4 Å². The van der Waals surface area contributed by atoms with Gasteiger partial charge in [0.2, 0.25) is 0 Å². The van der Waals surface area contributed by atoms with E-state index in [9.17, 15) is 0 Å². The van der Waals surface area contributed by atoms with E-state index >= 15 is 0 Å². The van der Waals surface area contributed by atoms with Gasteiger partial charge in [-0.05, 0) is 43.0 Å². The second-order valence-electron chi connectivity index (χ2n) is 8.01. The molecule has 172 valence electrons. The Hall–Kier alpha value is -2.52. The van der Waals surface area contributed by atoms with Gasteiger partial charge in [-0.15, -0.1) is 0 Å². The van der Waals surface area contributed by atoms with Crippen LogP contribution in [-0.4, -0.2) is 5.84 Å². The van der Waals surface area contributed by atoms with Crippen molar-refractivity contribution in [1.29, 1.82) is 0 Å². The zero-order chi connectivity index (χ0) is 23.5. The summed E-state index contributed by atoms with van der Waals surface area (Å²) in [6.07, 6.45) is 5.76. The summed E-state index contributed by atoms with van der Waals surface area (Å²) < 4.78 is 0. The van der Waals surface area contributed by atoms with E-state index in [1.165, 1.54) is 36.1 Å². The Labute approximate surface area is 199 Å². The van der Waals surface area contributed by atoms with Gasteiger partial charge in [-0.1, -0.05) is 102 Å². The van der Waals surface area contributed by atoms with Crippen LogP contribution in [0.25, 0.3) is 5.70 Å². The van der Waals surface area contributed by atoms with Crippen molar-refractivity contribution in [2.75, 3.05) is 0 Å². The number of nitrogens with zero attached hydrogens (tertiary/aromatic N) is 1. The number of benzene rings is 2. The molecule has 4 heteroatoms. The lowest BCUT2D eigenvalue weighted by Gasteiger charge is -2.29. The zero-order valence-corrected chi connectivity index (χ0v) is 21.0. The number of aliphatic imine (C=N–C) groups is 1. The Morgan fingerprint density at radius 2 is 1.66 bits per heavy atom. The van der Waals surface area contributed by atoms with Crippen LogP contribution in [0.2, 0.25) is 5.02 Å². The number of halogens is 1. The fraction of sp³-hybridized carbons (Fsp3) is 0.393. The lowest BCUT2D eigenvalue weighted by atomic mass is 10.0. The number of hydrogen-bond acceptors (Lipinski definition) is 3. The number of hydrogen-bond donors (Lipinski definition) is 2. The number of rotatable bonds is 7. The smallest absolute Gasteiger partial charge is 0.146 e. The fourth-order valence-electron chi connectivity index (χ4n) is 3.72. The average Bonchev–Trinajstić information content (AvgIpc) is 2.80. The largest absolute Gasteiger partial charge is 0.363 e. The van der Waals surface area contributed by atoms with Gasteiger partial charge < -0.3 is 10.6 Å². The summed E-state index contributed by atoms with van der Waals surface area (Å²) in [5.74, 6) is 0.890. The molecule has 0 saturated carbocycles. The highest BCUT2D eigenvalue weighted by Crippen LogP contribution is 2.27. The van der Waals surface area contributed by atoms with Gasteiger partial charge >= 0.3 is 0 Å². The van der Waals surface area contributed by atoms with Gasteiger partial charge in [-0.25, -0.2) is 4.99 Å². The minimum absolute atomic E-state index is 0.139. The summed E-state index contributed by atoms with van der Waals surface area (Å²) in [6.45, 7) is 15.1. The molecule has 0 amide bonds. The normalized spacial score (nSPS) is 15.3. The Morgan fingerprint density at radius 1 is 1.00 bits per heavy atom. The van der Waals surface area contributed by atoms with Gasteiger partial charge in [0.1, 0.15) is 12.0 Å². The van der Waals surface area contributed by atoms with Crippen molar-refractivity contribution in [2.45, 2.75) is 72.9 Å². The molecule has 3 nitrogen and oxygen atoms in total. The van der Waals surface area contributed by atoms with Crippen molar-refractivity contribution >= 4 is 23.1 Å².